The molecule has 1 heterocycles. The van der Waals surface area contributed by atoms with Crippen LogP contribution in [0.25, 0.3) is 10.9 Å². The molecule has 0 aliphatic rings. The van der Waals surface area contributed by atoms with E-state index in [2.05, 4.69) is 19.2 Å². The Hall–Kier alpha value is -1.77. The third kappa shape index (κ3) is 2.33. The lowest BCUT2D eigenvalue weighted by molar-refractivity contribution is 0.0950. The van der Waals surface area contributed by atoms with Gasteiger partial charge in [-0.15, -0.1) is 0 Å². The van der Waals surface area contributed by atoms with Crippen molar-refractivity contribution in [1.29, 1.82) is 0 Å². The third-order valence-electron chi connectivity index (χ3n) is 2.81. The zero-order chi connectivity index (χ0) is 12.4. The molecule has 0 saturated heterocycles. The summed E-state index contributed by atoms with van der Waals surface area (Å²) >= 11 is 0. The first-order valence-corrected chi connectivity index (χ1v) is 5.92. The zero-order valence-corrected chi connectivity index (χ0v) is 10.5. The number of nitrogens with zero attached hydrogens (tertiary/aromatic N) is 1. The van der Waals surface area contributed by atoms with E-state index >= 15 is 0 Å². The number of aryl methyl sites for hydroxylation is 1. The predicted molar refractivity (Wildman–Crippen MR) is 70.1 cm³/mol. The van der Waals surface area contributed by atoms with Crippen molar-refractivity contribution in [3.63, 3.8) is 0 Å². The van der Waals surface area contributed by atoms with Crippen LogP contribution in [-0.2, 0) is 7.05 Å². The van der Waals surface area contributed by atoms with Gasteiger partial charge in [-0.2, -0.15) is 0 Å². The maximum absolute atomic E-state index is 12.1. The summed E-state index contributed by atoms with van der Waals surface area (Å²) in [5, 5.41) is 4.06. The van der Waals surface area contributed by atoms with Gasteiger partial charge in [-0.25, -0.2) is 0 Å². The molecule has 90 valence electrons. The topological polar surface area (TPSA) is 34.0 Å². The van der Waals surface area contributed by atoms with Gasteiger partial charge in [-0.3, -0.25) is 4.79 Å². The maximum Gasteiger partial charge on any atom is 0.253 e. The zero-order valence-electron chi connectivity index (χ0n) is 10.5. The number of rotatable bonds is 3. The fourth-order valence-electron chi connectivity index (χ4n) is 1.93. The van der Waals surface area contributed by atoms with Crippen molar-refractivity contribution >= 4 is 16.8 Å². The maximum atomic E-state index is 12.1. The second-order valence-corrected chi connectivity index (χ2v) is 4.77. The van der Waals surface area contributed by atoms with Crippen LogP contribution < -0.4 is 5.32 Å². The Kier molecular flexibility index (Phi) is 3.18. The average molecular weight is 230 g/mol. The van der Waals surface area contributed by atoms with Crippen LogP contribution in [0, 0.1) is 5.92 Å². The number of benzene rings is 1. The molecule has 17 heavy (non-hydrogen) atoms. The molecule has 2 aromatic rings. The Bertz CT molecular complexity index is 540. The van der Waals surface area contributed by atoms with E-state index in [1.165, 1.54) is 0 Å². The second kappa shape index (κ2) is 4.62. The van der Waals surface area contributed by atoms with Crippen molar-refractivity contribution in [2.45, 2.75) is 13.8 Å². The first kappa shape index (κ1) is 11.7. The molecule has 0 fully saturated rings. The lowest BCUT2D eigenvalue weighted by Crippen LogP contribution is -2.27. The highest BCUT2D eigenvalue weighted by molar-refractivity contribution is 6.05. The number of hydrogen-bond donors (Lipinski definition) is 1. The number of hydrogen-bond acceptors (Lipinski definition) is 1. The minimum Gasteiger partial charge on any atom is -0.352 e. The summed E-state index contributed by atoms with van der Waals surface area (Å²) in [6.07, 6.45) is 1.98. The first-order chi connectivity index (χ1) is 8.09. The summed E-state index contributed by atoms with van der Waals surface area (Å²) in [5.41, 5.74) is 1.74. The monoisotopic (exact) mass is 230 g/mol. The minimum atomic E-state index is 0.00565. The molecule has 1 amide bonds. The lowest BCUT2D eigenvalue weighted by atomic mass is 10.1. The van der Waals surface area contributed by atoms with Crippen LogP contribution in [-0.4, -0.2) is 17.0 Å². The highest BCUT2D eigenvalue weighted by Gasteiger charge is 2.11. The van der Waals surface area contributed by atoms with Crippen LogP contribution in [0.3, 0.4) is 0 Å². The van der Waals surface area contributed by atoms with Crippen molar-refractivity contribution in [1.82, 2.24) is 9.88 Å². The van der Waals surface area contributed by atoms with Crippen LogP contribution in [0.1, 0.15) is 24.2 Å². The SMILES string of the molecule is CC(C)CNC(=O)c1cccc2ccn(C)c12. The smallest absolute Gasteiger partial charge is 0.253 e. The van der Waals surface area contributed by atoms with Gasteiger partial charge in [0.25, 0.3) is 5.91 Å². The van der Waals surface area contributed by atoms with E-state index in [1.54, 1.807) is 0 Å². The van der Waals surface area contributed by atoms with Crippen LogP contribution >= 0.6 is 0 Å². The van der Waals surface area contributed by atoms with Crippen LogP contribution in [0.2, 0.25) is 0 Å². The molecule has 0 aliphatic heterocycles. The molecular formula is C14H18N2O. The molecule has 3 nitrogen and oxygen atoms in total. The summed E-state index contributed by atoms with van der Waals surface area (Å²) in [5.74, 6) is 0.470. The summed E-state index contributed by atoms with van der Waals surface area (Å²) in [6.45, 7) is 4.88. The Labute approximate surface area is 101 Å². The van der Waals surface area contributed by atoms with E-state index in [0.29, 0.717) is 12.5 Å². The molecule has 0 bridgehead atoms. The molecule has 0 aliphatic carbocycles. The molecule has 0 atom stereocenters. The molecule has 0 radical (unpaired) electrons. The van der Waals surface area contributed by atoms with E-state index in [1.807, 2.05) is 42.1 Å². The fraction of sp³-hybridized carbons (Fsp3) is 0.357. The molecule has 3 heteroatoms. The number of carbonyl (C=O) groups excluding carboxylic acids is 1. The first-order valence-electron chi connectivity index (χ1n) is 5.92. The lowest BCUT2D eigenvalue weighted by Gasteiger charge is -2.09. The van der Waals surface area contributed by atoms with E-state index in [-0.39, 0.29) is 5.91 Å². The van der Waals surface area contributed by atoms with Gasteiger partial charge in [0.05, 0.1) is 11.1 Å². The molecule has 0 spiro atoms. The highest BCUT2D eigenvalue weighted by atomic mass is 16.1. The molecule has 1 aromatic heterocycles. The van der Waals surface area contributed by atoms with Crippen molar-refractivity contribution < 1.29 is 4.79 Å². The van der Waals surface area contributed by atoms with Crippen molar-refractivity contribution in [3.8, 4) is 0 Å². The van der Waals surface area contributed by atoms with Crippen molar-refractivity contribution in [3.05, 3.63) is 36.0 Å². The van der Waals surface area contributed by atoms with Gasteiger partial charge in [0, 0.05) is 25.2 Å². The van der Waals surface area contributed by atoms with E-state index in [9.17, 15) is 4.79 Å². The summed E-state index contributed by atoms with van der Waals surface area (Å²) in [6, 6.07) is 7.84. The van der Waals surface area contributed by atoms with Crippen LogP contribution in [0.15, 0.2) is 30.5 Å². The van der Waals surface area contributed by atoms with Gasteiger partial charge in [0.1, 0.15) is 0 Å². The van der Waals surface area contributed by atoms with Crippen LogP contribution in [0.5, 0.6) is 0 Å². The highest BCUT2D eigenvalue weighted by Crippen LogP contribution is 2.19. The third-order valence-corrected chi connectivity index (χ3v) is 2.81. The van der Waals surface area contributed by atoms with E-state index < -0.39 is 0 Å². The fourth-order valence-corrected chi connectivity index (χ4v) is 1.93. The Balaban J connectivity index is 2.34. The Morgan fingerprint density at radius 3 is 2.82 bits per heavy atom. The Morgan fingerprint density at radius 2 is 2.12 bits per heavy atom. The van der Waals surface area contributed by atoms with Crippen molar-refractivity contribution in [2.24, 2.45) is 13.0 Å². The van der Waals surface area contributed by atoms with Crippen molar-refractivity contribution in [2.75, 3.05) is 6.54 Å². The number of carbonyl (C=O) groups is 1. The number of para-hydroxylation sites is 1. The standard InChI is InChI=1S/C14H18N2O/c1-10(2)9-15-14(17)12-6-4-5-11-7-8-16(3)13(11)12/h4-8,10H,9H2,1-3H3,(H,15,17). The van der Waals surface area contributed by atoms with E-state index in [4.69, 9.17) is 0 Å². The molecule has 1 N–H and O–H groups in total. The number of nitrogens with one attached hydrogen (secondary N) is 1. The number of fused-ring (bicyclic) bond motifs is 1. The van der Waals surface area contributed by atoms with Gasteiger partial charge in [0.15, 0.2) is 0 Å². The largest absolute Gasteiger partial charge is 0.352 e. The summed E-state index contributed by atoms with van der Waals surface area (Å²) in [7, 11) is 1.96. The van der Waals surface area contributed by atoms with Gasteiger partial charge in [-0.1, -0.05) is 26.0 Å². The quantitative estimate of drug-likeness (QED) is 0.864. The predicted octanol–water partition coefficient (Wildman–Crippen LogP) is 2.56. The van der Waals surface area contributed by atoms with Crippen LogP contribution in [0.4, 0.5) is 0 Å². The molecule has 0 saturated carbocycles. The van der Waals surface area contributed by atoms with Gasteiger partial charge < -0.3 is 9.88 Å². The average Bonchev–Trinajstić information content (AvgIpc) is 2.68. The number of amides is 1. The molecule has 0 unspecified atom stereocenters. The van der Waals surface area contributed by atoms with E-state index in [0.717, 1.165) is 16.5 Å². The summed E-state index contributed by atoms with van der Waals surface area (Å²) in [4.78, 5) is 12.1. The molecule has 1 aromatic carbocycles. The van der Waals surface area contributed by atoms with Gasteiger partial charge in [0.2, 0.25) is 0 Å². The minimum absolute atomic E-state index is 0.00565. The normalized spacial score (nSPS) is 11.1. The Morgan fingerprint density at radius 1 is 1.35 bits per heavy atom. The van der Waals surface area contributed by atoms with Gasteiger partial charge in [-0.05, 0) is 18.1 Å². The second-order valence-electron chi connectivity index (χ2n) is 4.77. The number of aromatic nitrogens is 1. The van der Waals surface area contributed by atoms with Gasteiger partial charge >= 0.3 is 0 Å². The molecule has 2 rings (SSSR count). The molecular weight excluding hydrogens is 212 g/mol. The summed E-state index contributed by atoms with van der Waals surface area (Å²) < 4.78 is 1.99.